The Hall–Kier alpha value is -1.27. The quantitative estimate of drug-likeness (QED) is 0.600. The standard InChI is InChI=1S/C16H20F2Si2/c1-13-5-9-15(10-6-13)19(3,17)20(4,18)16-11-7-14(2)8-12-16/h5-12H,1-4H3/t19-,20-/m0/s1. The van der Waals surface area contributed by atoms with Gasteiger partial charge in [0.25, 0.3) is 0 Å². The molecule has 106 valence electrons. The first-order valence-corrected chi connectivity index (χ1v) is 12.5. The van der Waals surface area contributed by atoms with E-state index in [4.69, 9.17) is 0 Å². The van der Waals surface area contributed by atoms with Crippen molar-refractivity contribution in [2.75, 3.05) is 0 Å². The second-order valence-electron chi connectivity index (χ2n) is 5.74. The van der Waals surface area contributed by atoms with E-state index in [0.29, 0.717) is 10.4 Å². The van der Waals surface area contributed by atoms with Gasteiger partial charge in [0.05, 0.1) is 0 Å². The lowest BCUT2D eigenvalue weighted by Gasteiger charge is -2.30. The monoisotopic (exact) mass is 306 g/mol. The van der Waals surface area contributed by atoms with Crippen molar-refractivity contribution in [3.05, 3.63) is 59.7 Å². The SMILES string of the molecule is Cc1ccc([Si@@](C)(F)[Si@](C)(F)c2ccc(C)cc2)cc1. The van der Waals surface area contributed by atoms with Gasteiger partial charge in [-0.25, -0.2) is 0 Å². The van der Waals surface area contributed by atoms with Crippen LogP contribution in [0.5, 0.6) is 0 Å². The number of halogens is 2. The van der Waals surface area contributed by atoms with Crippen LogP contribution in [-0.4, -0.2) is 15.9 Å². The molecule has 4 heteroatoms. The van der Waals surface area contributed by atoms with E-state index in [1.165, 1.54) is 13.1 Å². The Balaban J connectivity index is 2.45. The van der Waals surface area contributed by atoms with Gasteiger partial charge in [-0.15, -0.1) is 0 Å². The molecule has 0 N–H and O–H groups in total. The average Bonchev–Trinajstić information content (AvgIpc) is 2.39. The fourth-order valence-electron chi connectivity index (χ4n) is 2.28. The predicted octanol–water partition coefficient (Wildman–Crippen LogP) is 3.59. The maximum atomic E-state index is 15.3. The average molecular weight is 307 g/mol. The molecule has 0 fully saturated rings. The van der Waals surface area contributed by atoms with Crippen molar-refractivity contribution in [3.63, 3.8) is 0 Å². The molecule has 2 aromatic rings. The Morgan fingerprint density at radius 3 is 1.10 bits per heavy atom. The Bertz CT molecular complexity index is 531. The predicted molar refractivity (Wildman–Crippen MR) is 87.1 cm³/mol. The van der Waals surface area contributed by atoms with E-state index in [-0.39, 0.29) is 0 Å². The number of hydrogen-bond donors (Lipinski definition) is 0. The van der Waals surface area contributed by atoms with Crippen molar-refractivity contribution in [2.45, 2.75) is 26.9 Å². The molecule has 0 saturated carbocycles. The molecule has 0 spiro atoms. The molecule has 0 bridgehead atoms. The minimum absolute atomic E-state index is 0.556. The molecular formula is C16H20F2Si2. The summed E-state index contributed by atoms with van der Waals surface area (Å²) in [5.41, 5.74) is 2.13. The number of rotatable bonds is 3. The molecule has 20 heavy (non-hydrogen) atoms. The molecule has 0 aromatic heterocycles. The van der Waals surface area contributed by atoms with Crippen LogP contribution in [0.1, 0.15) is 11.1 Å². The van der Waals surface area contributed by atoms with Gasteiger partial charge in [0, 0.05) is 0 Å². The third-order valence-corrected chi connectivity index (χ3v) is 15.7. The number of aryl methyl sites for hydroxylation is 2. The first-order valence-electron chi connectivity index (χ1n) is 6.77. The molecule has 0 aliphatic heterocycles. The van der Waals surface area contributed by atoms with Crippen LogP contribution in [0.2, 0.25) is 13.1 Å². The first-order chi connectivity index (χ1) is 9.25. The van der Waals surface area contributed by atoms with Crippen LogP contribution >= 0.6 is 0 Å². The summed E-state index contributed by atoms with van der Waals surface area (Å²) < 4.78 is 30.7. The summed E-state index contributed by atoms with van der Waals surface area (Å²) in [6, 6.07) is 14.4. The van der Waals surface area contributed by atoms with Crippen molar-refractivity contribution >= 4 is 26.2 Å². The zero-order valence-corrected chi connectivity index (χ0v) is 14.4. The molecular weight excluding hydrogens is 286 g/mol. The van der Waals surface area contributed by atoms with Crippen molar-refractivity contribution in [3.8, 4) is 0 Å². The highest BCUT2D eigenvalue weighted by Crippen LogP contribution is 2.22. The summed E-state index contributed by atoms with van der Waals surface area (Å²) in [7, 11) is -7.23. The van der Waals surface area contributed by atoms with Crippen LogP contribution < -0.4 is 10.4 Å². The zero-order valence-electron chi connectivity index (χ0n) is 12.4. The Morgan fingerprint density at radius 2 is 0.850 bits per heavy atom. The Morgan fingerprint density at radius 1 is 0.600 bits per heavy atom. The van der Waals surface area contributed by atoms with Gasteiger partial charge < -0.3 is 8.22 Å². The van der Waals surface area contributed by atoms with Gasteiger partial charge in [0.1, 0.15) is 0 Å². The topological polar surface area (TPSA) is 0 Å². The molecule has 0 heterocycles. The first kappa shape index (κ1) is 15.1. The van der Waals surface area contributed by atoms with E-state index >= 15 is 8.22 Å². The van der Waals surface area contributed by atoms with Gasteiger partial charge in [0.2, 0.25) is 0 Å². The van der Waals surface area contributed by atoms with E-state index in [1.54, 1.807) is 24.3 Å². The van der Waals surface area contributed by atoms with Gasteiger partial charge in [-0.05, 0) is 37.3 Å². The minimum atomic E-state index is -3.62. The molecule has 0 aliphatic carbocycles. The maximum Gasteiger partial charge on any atom is 0.302 e. The highest BCUT2D eigenvalue weighted by Gasteiger charge is 2.55. The lowest BCUT2D eigenvalue weighted by molar-refractivity contribution is 0.782. The molecule has 0 saturated heterocycles. The molecule has 0 unspecified atom stereocenters. The second-order valence-corrected chi connectivity index (χ2v) is 16.5. The summed E-state index contributed by atoms with van der Waals surface area (Å²) >= 11 is 0. The molecule has 0 amide bonds. The lowest BCUT2D eigenvalue weighted by Crippen LogP contribution is -2.67. The summed E-state index contributed by atoms with van der Waals surface area (Å²) in [5, 5.41) is 1.11. The minimum Gasteiger partial charge on any atom is -0.308 e. The highest BCUT2D eigenvalue weighted by atomic mass is 29.3. The van der Waals surface area contributed by atoms with E-state index in [9.17, 15) is 0 Å². The molecule has 2 atom stereocenters. The van der Waals surface area contributed by atoms with Crippen LogP contribution in [0.25, 0.3) is 0 Å². The molecule has 2 aromatic carbocycles. The number of benzene rings is 2. The summed E-state index contributed by atoms with van der Waals surface area (Å²) in [5.74, 6) is 0. The normalized spacial score (nSPS) is 17.3. The Kier molecular flexibility index (Phi) is 3.98. The van der Waals surface area contributed by atoms with Crippen LogP contribution in [0, 0.1) is 13.8 Å². The van der Waals surface area contributed by atoms with Crippen LogP contribution in [0.3, 0.4) is 0 Å². The zero-order chi connectivity index (χ0) is 15.0. The molecule has 2 rings (SSSR count). The summed E-state index contributed by atoms with van der Waals surface area (Å²) in [6.45, 7) is 6.91. The van der Waals surface area contributed by atoms with E-state index < -0.39 is 15.9 Å². The second kappa shape index (κ2) is 5.26. The van der Waals surface area contributed by atoms with Crippen LogP contribution in [-0.2, 0) is 0 Å². The van der Waals surface area contributed by atoms with Crippen LogP contribution in [0.4, 0.5) is 8.22 Å². The lowest BCUT2D eigenvalue weighted by atomic mass is 10.2. The van der Waals surface area contributed by atoms with E-state index in [1.807, 2.05) is 38.1 Å². The third kappa shape index (κ3) is 2.62. The summed E-state index contributed by atoms with van der Waals surface area (Å²) in [6.07, 6.45) is 0. The van der Waals surface area contributed by atoms with Gasteiger partial charge >= 0.3 is 15.9 Å². The third-order valence-electron chi connectivity index (χ3n) is 4.07. The molecule has 0 nitrogen and oxygen atoms in total. The van der Waals surface area contributed by atoms with Crippen LogP contribution in [0.15, 0.2) is 48.5 Å². The largest absolute Gasteiger partial charge is 0.308 e. The highest BCUT2D eigenvalue weighted by molar-refractivity contribution is 7.45. The van der Waals surface area contributed by atoms with Crippen molar-refractivity contribution in [2.24, 2.45) is 0 Å². The van der Waals surface area contributed by atoms with Crippen molar-refractivity contribution in [1.82, 2.24) is 0 Å². The van der Waals surface area contributed by atoms with Crippen molar-refractivity contribution in [1.29, 1.82) is 0 Å². The smallest absolute Gasteiger partial charge is 0.302 e. The van der Waals surface area contributed by atoms with Gasteiger partial charge in [-0.3, -0.25) is 0 Å². The van der Waals surface area contributed by atoms with E-state index in [0.717, 1.165) is 11.1 Å². The van der Waals surface area contributed by atoms with Crippen molar-refractivity contribution < 1.29 is 8.22 Å². The Labute approximate surface area is 121 Å². The van der Waals surface area contributed by atoms with Gasteiger partial charge in [-0.1, -0.05) is 59.7 Å². The molecule has 0 radical (unpaired) electrons. The maximum absolute atomic E-state index is 15.3. The number of hydrogen-bond acceptors (Lipinski definition) is 0. The molecule has 0 aliphatic rings. The van der Waals surface area contributed by atoms with E-state index in [2.05, 4.69) is 0 Å². The van der Waals surface area contributed by atoms with Gasteiger partial charge in [-0.2, -0.15) is 0 Å². The fraction of sp³-hybridized carbons (Fsp3) is 0.250. The summed E-state index contributed by atoms with van der Waals surface area (Å²) in [4.78, 5) is 0. The fourth-order valence-corrected chi connectivity index (χ4v) is 9.20. The van der Waals surface area contributed by atoms with Gasteiger partial charge in [0.15, 0.2) is 0 Å².